The minimum Gasteiger partial charge on any atom is -0.508 e. The summed E-state index contributed by atoms with van der Waals surface area (Å²) in [6.07, 6.45) is 0.875. The molecule has 0 fully saturated rings. The molecule has 6 aromatic carbocycles. The quantitative estimate of drug-likeness (QED) is 0.0474. The third kappa shape index (κ3) is 19.0. The van der Waals surface area contributed by atoms with E-state index in [-0.39, 0.29) is 52.2 Å². The zero-order valence-electron chi connectivity index (χ0n) is 30.0. The van der Waals surface area contributed by atoms with Crippen LogP contribution in [-0.2, 0) is 11.2 Å². The Balaban J connectivity index is 0.000000338. The van der Waals surface area contributed by atoms with Gasteiger partial charge in [-0.05, 0) is 91.3 Å². The number of ether oxygens (including phenoxy) is 1. The summed E-state index contributed by atoms with van der Waals surface area (Å²) < 4.78 is 4.41. The van der Waals surface area contributed by atoms with Crippen LogP contribution < -0.4 is 39.1 Å². The first-order chi connectivity index (χ1) is 26.6. The second-order valence-corrected chi connectivity index (χ2v) is 10.9. The number of carbonyl (C=O) groups excluding carboxylic acids is 1. The van der Waals surface area contributed by atoms with E-state index in [1.807, 2.05) is 42.5 Å². The van der Waals surface area contributed by atoms with Crippen molar-refractivity contribution in [2.75, 3.05) is 35.2 Å². The molecule has 0 aliphatic carbocycles. The molecule has 0 spiro atoms. The standard InChI is InChI=1S/C8H11NO.2C7H7NO3.C6H7NO2.C6H7NO.C6H7N/c9-6-5-7-1-3-8(10)4-2-7;8-5-1-2-6(10)7(3-5)11-4-9;8-4-1-2-5(7(10)11)6(9)3-4;7-5-2-1-4(8)3-6(5)9;7-5-3-1-2-4-6(5)8;7-6-4-2-1-3-5-6/h1-4,10H,5-6,9H2;1-4,10H,8H2;1-3,9H,8H2,(H,10,11);1-3,8-9H,7H2;1-4,8H,7H2;1-5H,7H2. The molecule has 296 valence electrons. The van der Waals surface area contributed by atoms with Crippen molar-refractivity contribution in [2.24, 2.45) is 5.73 Å². The number of carboxylic acid groups (broad SMARTS) is 1. The molecule has 56 heavy (non-hydrogen) atoms. The van der Waals surface area contributed by atoms with E-state index < -0.39 is 5.97 Å². The summed E-state index contributed by atoms with van der Waals surface area (Å²) in [5, 5.41) is 61.7. The van der Waals surface area contributed by atoms with Gasteiger partial charge in [0.15, 0.2) is 11.5 Å². The second kappa shape index (κ2) is 25.1. The maximum Gasteiger partial charge on any atom is 0.339 e. The lowest BCUT2D eigenvalue weighted by atomic mass is 10.1. The van der Waals surface area contributed by atoms with Crippen molar-refractivity contribution >= 4 is 40.9 Å². The van der Waals surface area contributed by atoms with Crippen LogP contribution in [0.15, 0.2) is 133 Å². The summed E-state index contributed by atoms with van der Waals surface area (Å²) in [4.78, 5) is 20.2. The normalized spacial score (nSPS) is 9.23. The fourth-order valence-electron chi connectivity index (χ4n) is 3.71. The van der Waals surface area contributed by atoms with E-state index in [2.05, 4.69) is 4.74 Å². The highest BCUT2D eigenvalue weighted by molar-refractivity contribution is 5.91. The Bertz CT molecular complexity index is 2050. The maximum absolute atomic E-state index is 10.3. The molecule has 16 nitrogen and oxygen atoms in total. The van der Waals surface area contributed by atoms with E-state index in [0.717, 1.165) is 12.1 Å². The fourth-order valence-corrected chi connectivity index (χ4v) is 3.71. The van der Waals surface area contributed by atoms with Crippen molar-refractivity contribution in [2.45, 2.75) is 6.42 Å². The molecule has 0 saturated heterocycles. The first-order valence-electron chi connectivity index (χ1n) is 16.2. The van der Waals surface area contributed by atoms with Gasteiger partial charge in [-0.2, -0.15) is 0 Å². The second-order valence-electron chi connectivity index (χ2n) is 10.9. The fraction of sp³-hybridized carbons (Fsp3) is 0.0500. The predicted octanol–water partition coefficient (Wildman–Crippen LogP) is 5.00. The summed E-state index contributed by atoms with van der Waals surface area (Å²) in [7, 11) is 0. The van der Waals surface area contributed by atoms with Crippen LogP contribution in [0.2, 0.25) is 0 Å². The van der Waals surface area contributed by atoms with Crippen LogP contribution in [-0.4, -0.2) is 54.7 Å². The molecule has 0 aliphatic heterocycles. The van der Waals surface area contributed by atoms with Gasteiger partial charge in [-0.1, -0.05) is 42.5 Å². The van der Waals surface area contributed by atoms with Gasteiger partial charge >= 0.3 is 5.97 Å². The van der Waals surface area contributed by atoms with Crippen LogP contribution in [0.25, 0.3) is 0 Å². The Morgan fingerprint density at radius 1 is 0.536 bits per heavy atom. The maximum atomic E-state index is 10.3. The van der Waals surface area contributed by atoms with Crippen molar-refractivity contribution < 1.29 is 50.1 Å². The zero-order chi connectivity index (χ0) is 42.0. The molecule has 0 aromatic heterocycles. The lowest BCUT2D eigenvalue weighted by Crippen LogP contribution is -2.01. The van der Waals surface area contributed by atoms with Gasteiger partial charge in [0.25, 0.3) is 6.47 Å². The zero-order valence-corrected chi connectivity index (χ0v) is 30.0. The van der Waals surface area contributed by atoms with Gasteiger partial charge in [-0.25, -0.2) is 4.79 Å². The molecule has 6 rings (SSSR count). The average Bonchev–Trinajstić information content (AvgIpc) is 3.15. The van der Waals surface area contributed by atoms with Gasteiger partial charge in [0.05, 0.1) is 11.4 Å². The Morgan fingerprint density at radius 3 is 1.55 bits per heavy atom. The number of anilines is 5. The number of hydrogen-bond acceptors (Lipinski definition) is 15. The number of hydrogen-bond donors (Lipinski definition) is 13. The molecule has 0 amide bonds. The molecular weight excluding hydrogens is 724 g/mol. The molecule has 6 aromatic rings. The van der Waals surface area contributed by atoms with Gasteiger partial charge < -0.3 is 74.9 Å². The van der Waals surface area contributed by atoms with Crippen molar-refractivity contribution in [1.29, 1.82) is 0 Å². The Morgan fingerprint density at radius 2 is 1.09 bits per heavy atom. The number of phenolic OH excluding ortho intramolecular Hbond substituents is 5. The highest BCUT2D eigenvalue weighted by Crippen LogP contribution is 2.27. The monoisotopic (exact) mass is 770 g/mol. The number of nitrogens with two attached hydrogens (primary N) is 6. The molecule has 19 N–H and O–H groups in total. The first-order valence-corrected chi connectivity index (χ1v) is 16.2. The van der Waals surface area contributed by atoms with E-state index >= 15 is 0 Å². The van der Waals surface area contributed by atoms with Gasteiger partial charge in [0, 0.05) is 35.3 Å². The molecule has 0 aliphatic rings. The summed E-state index contributed by atoms with van der Waals surface area (Å²) in [5.41, 5.74) is 35.1. The number of carbonyl (C=O) groups is 2. The van der Waals surface area contributed by atoms with Gasteiger partial charge in [0.1, 0.15) is 34.3 Å². The van der Waals surface area contributed by atoms with Crippen molar-refractivity contribution in [3.63, 3.8) is 0 Å². The Kier molecular flexibility index (Phi) is 20.6. The Labute approximate surface area is 322 Å². The predicted molar refractivity (Wildman–Crippen MR) is 217 cm³/mol. The van der Waals surface area contributed by atoms with Crippen LogP contribution in [0.3, 0.4) is 0 Å². The van der Waals surface area contributed by atoms with Crippen LogP contribution in [0.1, 0.15) is 15.9 Å². The lowest BCUT2D eigenvalue weighted by Gasteiger charge is -2.00. The smallest absolute Gasteiger partial charge is 0.339 e. The SMILES string of the molecule is NCCc1ccc(O)cc1.Nc1ccc(C(=O)O)c(O)c1.Nc1ccc(O)c(OC=O)c1.Nc1ccc(O)cc1O.Nc1ccccc1.Nc1ccccc1O. The number of benzene rings is 6. The third-order valence-corrected chi connectivity index (χ3v) is 6.53. The van der Waals surface area contributed by atoms with Crippen molar-refractivity contribution in [1.82, 2.24) is 0 Å². The van der Waals surface area contributed by atoms with Crippen LogP contribution >= 0.6 is 0 Å². The van der Waals surface area contributed by atoms with Crippen molar-refractivity contribution in [3.8, 4) is 40.2 Å². The number of carboxylic acids is 1. The summed E-state index contributed by atoms with van der Waals surface area (Å²) >= 11 is 0. The average molecular weight is 771 g/mol. The summed E-state index contributed by atoms with van der Waals surface area (Å²) in [5.74, 6) is -1.13. The van der Waals surface area contributed by atoms with Crippen LogP contribution in [0.4, 0.5) is 28.4 Å². The van der Waals surface area contributed by atoms with Crippen LogP contribution in [0.5, 0.6) is 40.2 Å². The van der Waals surface area contributed by atoms with E-state index in [1.165, 1.54) is 60.2 Å². The largest absolute Gasteiger partial charge is 0.508 e. The number of phenols is 6. The molecule has 0 heterocycles. The van der Waals surface area contributed by atoms with E-state index in [0.29, 0.717) is 29.4 Å². The van der Waals surface area contributed by atoms with Gasteiger partial charge in [-0.3, -0.25) is 4.79 Å². The van der Waals surface area contributed by atoms with E-state index in [4.69, 9.17) is 70.1 Å². The Hall–Kier alpha value is -7.98. The topological polar surface area (TPSA) is 341 Å². The highest BCUT2D eigenvalue weighted by atomic mass is 16.5. The lowest BCUT2D eigenvalue weighted by molar-refractivity contribution is -0.120. The number of nitrogen functional groups attached to an aromatic ring is 5. The molecule has 0 bridgehead atoms. The molecule has 0 atom stereocenters. The van der Waals surface area contributed by atoms with E-state index in [9.17, 15) is 9.59 Å². The molecular formula is C40H46N6O10. The number of aromatic carboxylic acids is 1. The molecule has 16 heteroatoms. The van der Waals surface area contributed by atoms with Crippen molar-refractivity contribution in [3.05, 3.63) is 145 Å². The minimum absolute atomic E-state index is 0.0155. The molecule has 0 radical (unpaired) electrons. The number of aromatic hydroxyl groups is 6. The summed E-state index contributed by atoms with van der Waals surface area (Å²) in [6, 6.07) is 35.4. The number of para-hydroxylation sites is 3. The molecule has 0 saturated carbocycles. The third-order valence-electron chi connectivity index (χ3n) is 6.53. The number of rotatable bonds is 5. The van der Waals surface area contributed by atoms with Crippen LogP contribution in [0, 0.1) is 0 Å². The van der Waals surface area contributed by atoms with Gasteiger partial charge in [-0.15, -0.1) is 0 Å². The summed E-state index contributed by atoms with van der Waals surface area (Å²) in [6.45, 7) is 0.888. The highest BCUT2D eigenvalue weighted by Gasteiger charge is 2.08. The minimum atomic E-state index is -1.16. The molecule has 0 unspecified atom stereocenters. The first kappa shape index (κ1) is 46.0. The van der Waals surface area contributed by atoms with E-state index in [1.54, 1.807) is 36.4 Å². The van der Waals surface area contributed by atoms with Gasteiger partial charge in [0.2, 0.25) is 0 Å².